The van der Waals surface area contributed by atoms with E-state index in [1.807, 2.05) is 60.5 Å². The van der Waals surface area contributed by atoms with Gasteiger partial charge >= 0.3 is 0 Å². The summed E-state index contributed by atoms with van der Waals surface area (Å²) in [5, 5.41) is 17.0. The summed E-state index contributed by atoms with van der Waals surface area (Å²) in [7, 11) is 0. The van der Waals surface area contributed by atoms with E-state index in [-0.39, 0.29) is 11.8 Å². The number of aromatic hydroxyl groups is 1. The lowest BCUT2D eigenvalue weighted by Gasteiger charge is -2.36. The minimum atomic E-state index is -0.424. The predicted molar refractivity (Wildman–Crippen MR) is 97.1 cm³/mol. The molecule has 0 saturated heterocycles. The minimum Gasteiger partial charge on any atom is -0.507 e. The zero-order valence-corrected chi connectivity index (χ0v) is 14.3. The van der Waals surface area contributed by atoms with Crippen LogP contribution in [0, 0.1) is 6.92 Å². The van der Waals surface area contributed by atoms with Crippen molar-refractivity contribution in [2.75, 3.05) is 0 Å². The van der Waals surface area contributed by atoms with Crippen LogP contribution >= 0.6 is 0 Å². The van der Waals surface area contributed by atoms with Gasteiger partial charge in [-0.2, -0.15) is 5.10 Å². The SMILES string of the molecule is Cc1ccc([C@@H]2Oc3ccccc3[C@@H]3CC(c4ccccc4O)=NN32)o1. The van der Waals surface area contributed by atoms with E-state index in [4.69, 9.17) is 14.3 Å². The second-order valence-corrected chi connectivity index (χ2v) is 6.62. The van der Waals surface area contributed by atoms with Crippen molar-refractivity contribution in [2.24, 2.45) is 5.10 Å². The number of hydrazone groups is 1. The van der Waals surface area contributed by atoms with Gasteiger partial charge in [-0.15, -0.1) is 0 Å². The van der Waals surface area contributed by atoms with Gasteiger partial charge in [0.2, 0.25) is 6.23 Å². The molecular formula is C21H18N2O3. The second-order valence-electron chi connectivity index (χ2n) is 6.62. The maximum Gasteiger partial charge on any atom is 0.246 e. The maximum atomic E-state index is 10.2. The van der Waals surface area contributed by atoms with Gasteiger partial charge in [-0.05, 0) is 37.3 Å². The van der Waals surface area contributed by atoms with E-state index >= 15 is 0 Å². The van der Waals surface area contributed by atoms with Crippen molar-refractivity contribution in [3.05, 3.63) is 83.3 Å². The average molecular weight is 346 g/mol. The van der Waals surface area contributed by atoms with Crippen LogP contribution in [0.25, 0.3) is 0 Å². The molecule has 5 heteroatoms. The van der Waals surface area contributed by atoms with Crippen LogP contribution in [0.2, 0.25) is 0 Å². The normalized spacial score (nSPS) is 21.0. The van der Waals surface area contributed by atoms with Crippen LogP contribution in [0.5, 0.6) is 11.5 Å². The number of nitrogens with zero attached hydrogens (tertiary/aromatic N) is 2. The Labute approximate surface area is 151 Å². The standard InChI is InChI=1S/C21H18N2O3/c1-13-10-11-20(25-13)21-23-17(15-7-3-5-9-19(15)26-21)12-16(22-23)14-6-2-4-8-18(14)24/h2-11,17,21,24H,12H2,1H3/t17-,21-/m0/s1. The van der Waals surface area contributed by atoms with Gasteiger partial charge in [0.25, 0.3) is 0 Å². The molecule has 0 spiro atoms. The van der Waals surface area contributed by atoms with Gasteiger partial charge in [-0.25, -0.2) is 5.01 Å². The first-order valence-corrected chi connectivity index (χ1v) is 8.67. The first-order valence-electron chi connectivity index (χ1n) is 8.67. The van der Waals surface area contributed by atoms with E-state index in [9.17, 15) is 5.11 Å². The van der Waals surface area contributed by atoms with Gasteiger partial charge in [0.1, 0.15) is 17.3 Å². The Balaban J connectivity index is 1.61. The molecule has 3 heterocycles. The predicted octanol–water partition coefficient (Wildman–Crippen LogP) is 4.54. The molecule has 0 aliphatic carbocycles. The Morgan fingerprint density at radius 1 is 1.04 bits per heavy atom. The first-order chi connectivity index (χ1) is 12.7. The summed E-state index contributed by atoms with van der Waals surface area (Å²) >= 11 is 0. The zero-order chi connectivity index (χ0) is 17.7. The van der Waals surface area contributed by atoms with Gasteiger partial charge in [-0.3, -0.25) is 0 Å². The fourth-order valence-electron chi connectivity index (χ4n) is 3.69. The number of benzene rings is 2. The molecule has 5 rings (SSSR count). The van der Waals surface area contributed by atoms with Crippen LogP contribution in [0.1, 0.15) is 41.3 Å². The minimum absolute atomic E-state index is 0.0463. The second kappa shape index (κ2) is 5.66. The molecule has 0 amide bonds. The summed E-state index contributed by atoms with van der Waals surface area (Å²) in [5.41, 5.74) is 2.71. The molecule has 0 bridgehead atoms. The number of fused-ring (bicyclic) bond motifs is 3. The highest BCUT2D eigenvalue weighted by atomic mass is 16.5. The molecular weight excluding hydrogens is 328 g/mol. The highest BCUT2D eigenvalue weighted by molar-refractivity contribution is 6.04. The summed E-state index contributed by atoms with van der Waals surface area (Å²) < 4.78 is 12.0. The molecule has 1 aromatic heterocycles. The Morgan fingerprint density at radius 2 is 1.85 bits per heavy atom. The Morgan fingerprint density at radius 3 is 2.65 bits per heavy atom. The topological polar surface area (TPSA) is 58.2 Å². The summed E-state index contributed by atoms with van der Waals surface area (Å²) in [6.45, 7) is 1.92. The fraction of sp³-hybridized carbons (Fsp3) is 0.190. The van der Waals surface area contributed by atoms with Crippen molar-refractivity contribution in [1.29, 1.82) is 0 Å². The highest BCUT2D eigenvalue weighted by Gasteiger charge is 2.42. The molecule has 0 radical (unpaired) electrons. The largest absolute Gasteiger partial charge is 0.507 e. The van der Waals surface area contributed by atoms with Gasteiger partial charge in [-0.1, -0.05) is 30.3 Å². The quantitative estimate of drug-likeness (QED) is 0.740. The third-order valence-electron chi connectivity index (χ3n) is 4.92. The van der Waals surface area contributed by atoms with Crippen molar-refractivity contribution in [1.82, 2.24) is 5.01 Å². The number of ether oxygens (including phenoxy) is 1. The van der Waals surface area contributed by atoms with Gasteiger partial charge < -0.3 is 14.3 Å². The van der Waals surface area contributed by atoms with E-state index < -0.39 is 6.23 Å². The van der Waals surface area contributed by atoms with Crippen LogP contribution in [0.3, 0.4) is 0 Å². The molecule has 5 nitrogen and oxygen atoms in total. The third kappa shape index (κ3) is 2.28. The summed E-state index contributed by atoms with van der Waals surface area (Å²) in [5.74, 6) is 2.65. The van der Waals surface area contributed by atoms with E-state index in [2.05, 4.69) is 6.07 Å². The number of para-hydroxylation sites is 2. The van der Waals surface area contributed by atoms with E-state index in [0.717, 1.165) is 34.1 Å². The number of rotatable bonds is 2. The monoisotopic (exact) mass is 346 g/mol. The van der Waals surface area contributed by atoms with Crippen LogP contribution in [-0.2, 0) is 0 Å². The van der Waals surface area contributed by atoms with Crippen molar-refractivity contribution in [2.45, 2.75) is 25.6 Å². The molecule has 130 valence electrons. The van der Waals surface area contributed by atoms with E-state index in [1.165, 1.54) is 0 Å². The van der Waals surface area contributed by atoms with Gasteiger partial charge in [0, 0.05) is 17.5 Å². The van der Waals surface area contributed by atoms with Crippen molar-refractivity contribution < 1.29 is 14.3 Å². The van der Waals surface area contributed by atoms with Crippen LogP contribution in [0.15, 0.2) is 70.2 Å². The van der Waals surface area contributed by atoms with E-state index in [0.29, 0.717) is 6.42 Å². The molecule has 2 aromatic carbocycles. The molecule has 26 heavy (non-hydrogen) atoms. The number of phenolic OH excluding ortho intramolecular Hbond substituents is 1. The molecule has 2 atom stereocenters. The van der Waals surface area contributed by atoms with Gasteiger partial charge in [0.15, 0.2) is 5.76 Å². The zero-order valence-electron chi connectivity index (χ0n) is 14.3. The number of hydrogen-bond acceptors (Lipinski definition) is 5. The van der Waals surface area contributed by atoms with Crippen LogP contribution in [-0.4, -0.2) is 15.8 Å². The molecule has 1 N–H and O–H groups in total. The Hall–Kier alpha value is -3.21. The number of hydrogen-bond donors (Lipinski definition) is 1. The molecule has 0 saturated carbocycles. The lowest BCUT2D eigenvalue weighted by atomic mass is 9.96. The average Bonchev–Trinajstić information content (AvgIpc) is 3.28. The van der Waals surface area contributed by atoms with Crippen LogP contribution in [0.4, 0.5) is 0 Å². The number of aryl methyl sites for hydroxylation is 1. The molecule has 3 aromatic rings. The number of phenols is 1. The molecule has 2 aliphatic heterocycles. The van der Waals surface area contributed by atoms with Crippen molar-refractivity contribution >= 4 is 5.71 Å². The molecule has 0 unspecified atom stereocenters. The first kappa shape index (κ1) is 15.1. The Bertz CT molecular complexity index is 1010. The third-order valence-corrected chi connectivity index (χ3v) is 4.92. The lowest BCUT2D eigenvalue weighted by molar-refractivity contribution is -0.0329. The number of furan rings is 1. The fourth-order valence-corrected chi connectivity index (χ4v) is 3.69. The smallest absolute Gasteiger partial charge is 0.246 e. The van der Waals surface area contributed by atoms with Crippen LogP contribution < -0.4 is 4.74 Å². The summed E-state index contributed by atoms with van der Waals surface area (Å²) in [6, 6.07) is 19.2. The molecule has 2 aliphatic rings. The van der Waals surface area contributed by atoms with Crippen molar-refractivity contribution in [3.63, 3.8) is 0 Å². The molecule has 0 fully saturated rings. The highest BCUT2D eigenvalue weighted by Crippen LogP contribution is 2.47. The summed E-state index contributed by atoms with van der Waals surface area (Å²) in [6.07, 6.45) is 0.278. The van der Waals surface area contributed by atoms with Crippen molar-refractivity contribution in [3.8, 4) is 11.5 Å². The van der Waals surface area contributed by atoms with Gasteiger partial charge in [0.05, 0.1) is 11.8 Å². The Kier molecular flexibility index (Phi) is 3.28. The maximum absolute atomic E-state index is 10.2. The summed E-state index contributed by atoms with van der Waals surface area (Å²) in [4.78, 5) is 0. The van der Waals surface area contributed by atoms with E-state index in [1.54, 1.807) is 6.07 Å². The lowest BCUT2D eigenvalue weighted by Crippen LogP contribution is -2.33.